The summed E-state index contributed by atoms with van der Waals surface area (Å²) in [4.78, 5) is 0. The molecule has 0 aromatic rings. The summed E-state index contributed by atoms with van der Waals surface area (Å²) in [5.41, 5.74) is -2.78. The molecule has 0 aromatic heterocycles. The van der Waals surface area contributed by atoms with E-state index in [9.17, 15) is 13.2 Å². The molecule has 0 saturated heterocycles. The maximum absolute atomic E-state index is 11.1. The Morgan fingerprint density at radius 2 is 1.71 bits per heavy atom. The number of halogens is 3. The summed E-state index contributed by atoms with van der Waals surface area (Å²) >= 11 is 2.61. The molecule has 0 spiro atoms. The van der Waals surface area contributed by atoms with Crippen LogP contribution in [-0.2, 0) is 0 Å². The molecule has 0 amide bonds. The lowest BCUT2D eigenvalue weighted by Crippen LogP contribution is -2.23. The lowest BCUT2D eigenvalue weighted by Gasteiger charge is -2.06. The van der Waals surface area contributed by atoms with E-state index in [1.54, 1.807) is 0 Å². The van der Waals surface area contributed by atoms with Crippen LogP contribution in [0.5, 0.6) is 0 Å². The zero-order chi connectivity index (χ0) is 6.08. The van der Waals surface area contributed by atoms with Crippen LogP contribution in [0, 0.1) is 0 Å². The molecule has 0 saturated carbocycles. The van der Waals surface area contributed by atoms with E-state index in [-0.39, 0.29) is 0 Å². The lowest BCUT2D eigenvalue weighted by molar-refractivity contribution is -0.217. The van der Waals surface area contributed by atoms with Crippen LogP contribution in [0.15, 0.2) is 0 Å². The van der Waals surface area contributed by atoms with Gasteiger partial charge in [-0.15, -0.1) is 12.6 Å². The van der Waals surface area contributed by atoms with Gasteiger partial charge in [0.15, 0.2) is 0 Å². The number of hydrogen-bond acceptors (Lipinski definition) is 2. The molecule has 44 valence electrons. The lowest BCUT2D eigenvalue weighted by atomic mass is 10.7. The summed E-state index contributed by atoms with van der Waals surface area (Å²) in [6, 6.07) is 0. The fourth-order valence-electron chi connectivity index (χ4n) is 0. The zero-order valence-electron chi connectivity index (χ0n) is 3.11. The molecule has 0 aliphatic carbocycles. The van der Waals surface area contributed by atoms with Crippen LogP contribution in [0.4, 0.5) is 13.2 Å². The first kappa shape index (κ1) is 7.10. The van der Waals surface area contributed by atoms with Gasteiger partial charge < -0.3 is 5.11 Å². The fraction of sp³-hybridized carbons (Fsp3) is 1.00. The largest absolute Gasteiger partial charge is 0.393 e. The minimum atomic E-state index is -4.30. The number of aliphatic hydroxyl groups is 1. The van der Waals surface area contributed by atoms with Gasteiger partial charge in [0.25, 0.3) is 0 Å². The number of rotatable bonds is 1. The molecule has 0 fully saturated rings. The van der Waals surface area contributed by atoms with Gasteiger partial charge in [-0.3, -0.25) is 0 Å². The van der Waals surface area contributed by atoms with Crippen LogP contribution >= 0.6 is 12.6 Å². The van der Waals surface area contributed by atoms with Crippen molar-refractivity contribution in [2.75, 3.05) is 0 Å². The van der Waals surface area contributed by atoms with E-state index in [2.05, 4.69) is 12.6 Å². The van der Waals surface area contributed by atoms with Gasteiger partial charge >= 0.3 is 6.11 Å². The summed E-state index contributed by atoms with van der Waals surface area (Å²) < 4.78 is 33.0. The average Bonchev–Trinajstić information content (AvgIpc) is 1.31. The Morgan fingerprint density at radius 3 is 1.71 bits per heavy atom. The molecule has 1 N–H and O–H groups in total. The first-order chi connectivity index (χ1) is 2.94. The van der Waals surface area contributed by atoms with Crippen LogP contribution in [0.25, 0.3) is 0 Å². The van der Waals surface area contributed by atoms with Gasteiger partial charge in [-0.05, 0) is 0 Å². The second-order valence-electron chi connectivity index (χ2n) is 0.924. The molecular weight excluding hydrogens is 129 g/mol. The van der Waals surface area contributed by atoms with Crippen molar-refractivity contribution < 1.29 is 18.3 Å². The molecule has 1 atom stereocenters. The van der Waals surface area contributed by atoms with Gasteiger partial charge in [-0.1, -0.05) is 0 Å². The van der Waals surface area contributed by atoms with Gasteiger partial charge in [0.2, 0.25) is 5.50 Å². The quantitative estimate of drug-likeness (QED) is 0.505. The average molecular weight is 132 g/mol. The molecular formula is C2H3F3OS. The van der Waals surface area contributed by atoms with E-state index < -0.39 is 11.6 Å². The summed E-state index contributed by atoms with van der Waals surface area (Å²) in [7, 11) is 0. The number of hydrogen-bond donors (Lipinski definition) is 2. The Morgan fingerprint density at radius 1 is 1.57 bits per heavy atom. The number of thiol groups is 1. The SMILES string of the molecule is OC(F)(F)C(F)S. The minimum absolute atomic E-state index is 2.61. The smallest absolute Gasteiger partial charge is 0.333 e. The van der Waals surface area contributed by atoms with E-state index in [0.717, 1.165) is 0 Å². The highest BCUT2D eigenvalue weighted by Gasteiger charge is 2.34. The highest BCUT2D eigenvalue weighted by Crippen LogP contribution is 2.19. The fourth-order valence-corrected chi connectivity index (χ4v) is 0. The molecule has 7 heavy (non-hydrogen) atoms. The van der Waals surface area contributed by atoms with Crippen molar-refractivity contribution in [2.45, 2.75) is 11.6 Å². The molecule has 1 nitrogen and oxygen atoms in total. The van der Waals surface area contributed by atoms with Crippen LogP contribution in [0.1, 0.15) is 0 Å². The molecule has 0 aromatic carbocycles. The second kappa shape index (κ2) is 1.92. The van der Waals surface area contributed by atoms with E-state index in [1.807, 2.05) is 0 Å². The molecule has 0 radical (unpaired) electrons. The van der Waals surface area contributed by atoms with Crippen LogP contribution in [0.2, 0.25) is 0 Å². The van der Waals surface area contributed by atoms with Crippen molar-refractivity contribution in [3.05, 3.63) is 0 Å². The van der Waals surface area contributed by atoms with Gasteiger partial charge in [0, 0.05) is 0 Å². The highest BCUT2D eigenvalue weighted by molar-refractivity contribution is 7.80. The van der Waals surface area contributed by atoms with E-state index >= 15 is 0 Å². The standard InChI is InChI=1S/C2H3F3OS/c3-1(7)2(4,5)6/h1,6-7H. The Labute approximate surface area is 43.6 Å². The maximum Gasteiger partial charge on any atom is 0.393 e. The Kier molecular flexibility index (Phi) is 1.94. The van der Waals surface area contributed by atoms with Crippen molar-refractivity contribution in [3.63, 3.8) is 0 Å². The molecule has 5 heteroatoms. The van der Waals surface area contributed by atoms with E-state index in [0.29, 0.717) is 0 Å². The van der Waals surface area contributed by atoms with E-state index in [1.165, 1.54) is 0 Å². The minimum Gasteiger partial charge on any atom is -0.333 e. The van der Waals surface area contributed by atoms with E-state index in [4.69, 9.17) is 5.11 Å². The Bertz CT molecular complexity index is 58.4. The number of alkyl halides is 3. The Hall–Kier alpha value is 0.100. The van der Waals surface area contributed by atoms with Crippen LogP contribution in [0.3, 0.4) is 0 Å². The summed E-state index contributed by atoms with van der Waals surface area (Å²) in [6.45, 7) is 0. The summed E-state index contributed by atoms with van der Waals surface area (Å²) in [5.74, 6) is 0. The highest BCUT2D eigenvalue weighted by atomic mass is 32.1. The first-order valence-corrected chi connectivity index (χ1v) is 1.88. The van der Waals surface area contributed by atoms with Crippen molar-refractivity contribution in [2.24, 2.45) is 0 Å². The van der Waals surface area contributed by atoms with Gasteiger partial charge in [-0.2, -0.15) is 8.78 Å². The normalized spacial score (nSPS) is 16.7. The Balaban J connectivity index is 3.54. The first-order valence-electron chi connectivity index (χ1n) is 1.37. The summed E-state index contributed by atoms with van der Waals surface area (Å²) in [5, 5.41) is 7.31. The zero-order valence-corrected chi connectivity index (χ0v) is 4.00. The van der Waals surface area contributed by atoms with Gasteiger partial charge in [-0.25, -0.2) is 4.39 Å². The van der Waals surface area contributed by atoms with Crippen LogP contribution < -0.4 is 0 Å². The van der Waals surface area contributed by atoms with Crippen molar-refractivity contribution in [1.29, 1.82) is 0 Å². The maximum atomic E-state index is 11.1. The van der Waals surface area contributed by atoms with Crippen LogP contribution in [-0.4, -0.2) is 16.7 Å². The monoisotopic (exact) mass is 132 g/mol. The third kappa shape index (κ3) is 2.76. The molecule has 0 heterocycles. The molecule has 1 unspecified atom stereocenters. The predicted octanol–water partition coefficient (Wildman–Crippen LogP) is 0.797. The van der Waals surface area contributed by atoms with Crippen molar-refractivity contribution in [1.82, 2.24) is 0 Å². The van der Waals surface area contributed by atoms with Crippen molar-refractivity contribution in [3.8, 4) is 0 Å². The van der Waals surface area contributed by atoms with Gasteiger partial charge in [0.05, 0.1) is 0 Å². The predicted molar refractivity (Wildman–Crippen MR) is 21.0 cm³/mol. The molecule has 0 aliphatic heterocycles. The molecule has 0 rings (SSSR count). The topological polar surface area (TPSA) is 20.2 Å². The summed E-state index contributed by atoms with van der Waals surface area (Å²) in [6.07, 6.45) is -4.30. The molecule has 0 bridgehead atoms. The van der Waals surface area contributed by atoms with Gasteiger partial charge in [0.1, 0.15) is 0 Å². The molecule has 0 aliphatic rings. The third-order valence-electron chi connectivity index (χ3n) is 0.287. The third-order valence-corrected chi connectivity index (χ3v) is 0.597. The second-order valence-corrected chi connectivity index (χ2v) is 1.38. The van der Waals surface area contributed by atoms with Crippen molar-refractivity contribution >= 4 is 12.6 Å².